The van der Waals surface area contributed by atoms with E-state index in [-0.39, 0.29) is 11.7 Å². The molecule has 2 aromatic rings. The fourth-order valence-electron chi connectivity index (χ4n) is 3.28. The maximum Gasteiger partial charge on any atom is 0.253 e. The van der Waals surface area contributed by atoms with Crippen LogP contribution in [0.1, 0.15) is 41.1 Å². The Bertz CT molecular complexity index is 699. The van der Waals surface area contributed by atoms with Gasteiger partial charge in [-0.05, 0) is 48.7 Å². The van der Waals surface area contributed by atoms with Crippen molar-refractivity contribution in [3.05, 3.63) is 65.5 Å². The first-order valence-corrected chi connectivity index (χ1v) is 8.36. The van der Waals surface area contributed by atoms with Crippen molar-refractivity contribution >= 4 is 5.91 Å². The maximum absolute atomic E-state index is 13.4. The SMILES string of the molecule is COc1ccc(C2CCCCN(C(=O)c3cccc(F)c3)C2)cc1. The van der Waals surface area contributed by atoms with Gasteiger partial charge in [-0.1, -0.05) is 24.6 Å². The average Bonchev–Trinajstić information content (AvgIpc) is 2.87. The Labute approximate surface area is 142 Å². The molecule has 4 heteroatoms. The maximum atomic E-state index is 13.4. The van der Waals surface area contributed by atoms with Crippen molar-refractivity contribution < 1.29 is 13.9 Å². The molecule has 1 aliphatic rings. The second kappa shape index (κ2) is 7.47. The molecule has 0 radical (unpaired) electrons. The lowest BCUT2D eigenvalue weighted by Crippen LogP contribution is -2.34. The number of hydrogen-bond acceptors (Lipinski definition) is 2. The minimum atomic E-state index is -0.373. The third-order valence-corrected chi connectivity index (χ3v) is 4.62. The zero-order chi connectivity index (χ0) is 16.9. The van der Waals surface area contributed by atoms with Gasteiger partial charge in [-0.2, -0.15) is 0 Å². The molecule has 0 aromatic heterocycles. The van der Waals surface area contributed by atoms with E-state index >= 15 is 0 Å². The highest BCUT2D eigenvalue weighted by Gasteiger charge is 2.24. The van der Waals surface area contributed by atoms with E-state index in [1.165, 1.54) is 17.7 Å². The fourth-order valence-corrected chi connectivity index (χ4v) is 3.28. The van der Waals surface area contributed by atoms with Crippen molar-refractivity contribution in [2.24, 2.45) is 0 Å². The van der Waals surface area contributed by atoms with Gasteiger partial charge in [0.25, 0.3) is 5.91 Å². The molecule has 1 amide bonds. The van der Waals surface area contributed by atoms with E-state index in [0.29, 0.717) is 18.0 Å². The predicted molar refractivity (Wildman–Crippen MR) is 91.9 cm³/mol. The van der Waals surface area contributed by atoms with Crippen LogP contribution in [0.3, 0.4) is 0 Å². The first-order chi connectivity index (χ1) is 11.7. The Morgan fingerprint density at radius 1 is 1.17 bits per heavy atom. The number of methoxy groups -OCH3 is 1. The average molecular weight is 327 g/mol. The number of carbonyl (C=O) groups is 1. The van der Waals surface area contributed by atoms with Crippen molar-refractivity contribution in [3.8, 4) is 5.75 Å². The van der Waals surface area contributed by atoms with Gasteiger partial charge in [-0.15, -0.1) is 0 Å². The van der Waals surface area contributed by atoms with E-state index in [0.717, 1.165) is 31.6 Å². The molecule has 1 heterocycles. The number of halogens is 1. The van der Waals surface area contributed by atoms with Crippen LogP contribution in [0.15, 0.2) is 48.5 Å². The summed E-state index contributed by atoms with van der Waals surface area (Å²) in [5.41, 5.74) is 1.64. The second-order valence-electron chi connectivity index (χ2n) is 6.23. The van der Waals surface area contributed by atoms with Gasteiger partial charge in [-0.25, -0.2) is 4.39 Å². The standard InChI is InChI=1S/C20H22FNO2/c1-24-19-10-8-15(9-11-19)17-5-2-3-12-22(14-17)20(23)16-6-4-7-18(21)13-16/h4,6-11,13,17H,2-3,5,12,14H2,1H3. The summed E-state index contributed by atoms with van der Waals surface area (Å²) in [6, 6.07) is 14.0. The largest absolute Gasteiger partial charge is 0.497 e. The number of nitrogens with zero attached hydrogens (tertiary/aromatic N) is 1. The molecule has 1 aliphatic heterocycles. The lowest BCUT2D eigenvalue weighted by molar-refractivity contribution is 0.0754. The van der Waals surface area contributed by atoms with Crippen molar-refractivity contribution in [2.75, 3.05) is 20.2 Å². The summed E-state index contributed by atoms with van der Waals surface area (Å²) in [7, 11) is 1.65. The molecule has 1 unspecified atom stereocenters. The first-order valence-electron chi connectivity index (χ1n) is 8.36. The number of benzene rings is 2. The van der Waals surface area contributed by atoms with E-state index < -0.39 is 0 Å². The highest BCUT2D eigenvalue weighted by atomic mass is 19.1. The Morgan fingerprint density at radius 3 is 2.67 bits per heavy atom. The van der Waals surface area contributed by atoms with Gasteiger partial charge in [0, 0.05) is 24.6 Å². The highest BCUT2D eigenvalue weighted by Crippen LogP contribution is 2.28. The van der Waals surface area contributed by atoms with Gasteiger partial charge in [0.2, 0.25) is 0 Å². The van der Waals surface area contributed by atoms with Gasteiger partial charge in [-0.3, -0.25) is 4.79 Å². The number of rotatable bonds is 3. The van der Waals surface area contributed by atoms with Crippen molar-refractivity contribution in [1.29, 1.82) is 0 Å². The summed E-state index contributed by atoms with van der Waals surface area (Å²) in [5.74, 6) is 0.674. The monoisotopic (exact) mass is 327 g/mol. The minimum absolute atomic E-state index is 0.0880. The Kier molecular flexibility index (Phi) is 5.14. The summed E-state index contributed by atoms with van der Waals surface area (Å²) in [5, 5.41) is 0. The van der Waals surface area contributed by atoms with Crippen LogP contribution in [0.25, 0.3) is 0 Å². The van der Waals surface area contributed by atoms with Crippen molar-refractivity contribution in [3.63, 3.8) is 0 Å². The predicted octanol–water partition coefficient (Wildman–Crippen LogP) is 4.24. The van der Waals surface area contributed by atoms with Crippen LogP contribution >= 0.6 is 0 Å². The molecule has 1 fully saturated rings. The molecule has 0 spiro atoms. The van der Waals surface area contributed by atoms with Crippen LogP contribution in [0, 0.1) is 5.82 Å². The number of hydrogen-bond donors (Lipinski definition) is 0. The van der Waals surface area contributed by atoms with E-state index in [4.69, 9.17) is 4.74 Å². The highest BCUT2D eigenvalue weighted by molar-refractivity contribution is 5.94. The van der Waals surface area contributed by atoms with Crippen LogP contribution < -0.4 is 4.74 Å². The second-order valence-corrected chi connectivity index (χ2v) is 6.23. The quantitative estimate of drug-likeness (QED) is 0.844. The van der Waals surface area contributed by atoms with Gasteiger partial charge in [0.1, 0.15) is 11.6 Å². The van der Waals surface area contributed by atoms with Gasteiger partial charge >= 0.3 is 0 Å². The molecule has 0 saturated carbocycles. The van der Waals surface area contributed by atoms with E-state index in [9.17, 15) is 9.18 Å². The molecule has 24 heavy (non-hydrogen) atoms. The van der Waals surface area contributed by atoms with Gasteiger partial charge < -0.3 is 9.64 Å². The molecule has 0 aliphatic carbocycles. The lowest BCUT2D eigenvalue weighted by Gasteiger charge is -2.25. The molecule has 2 aromatic carbocycles. The molecule has 0 bridgehead atoms. The zero-order valence-electron chi connectivity index (χ0n) is 13.9. The molecule has 3 nitrogen and oxygen atoms in total. The Hall–Kier alpha value is -2.36. The molecule has 126 valence electrons. The molecular formula is C20H22FNO2. The van der Waals surface area contributed by atoms with Crippen LogP contribution in [0.5, 0.6) is 5.75 Å². The summed E-state index contributed by atoms with van der Waals surface area (Å²) in [4.78, 5) is 14.6. The molecule has 1 saturated heterocycles. The fraction of sp³-hybridized carbons (Fsp3) is 0.350. The van der Waals surface area contributed by atoms with Gasteiger partial charge in [0.15, 0.2) is 0 Å². The molecule has 3 rings (SSSR count). The zero-order valence-corrected chi connectivity index (χ0v) is 13.9. The lowest BCUT2D eigenvalue weighted by atomic mass is 9.94. The van der Waals surface area contributed by atoms with Crippen LogP contribution in [-0.2, 0) is 0 Å². The van der Waals surface area contributed by atoms with Crippen LogP contribution in [0.2, 0.25) is 0 Å². The summed E-state index contributed by atoms with van der Waals surface area (Å²) < 4.78 is 18.6. The van der Waals surface area contributed by atoms with Gasteiger partial charge in [0.05, 0.1) is 7.11 Å². The number of likely N-dealkylation sites (tertiary alicyclic amines) is 1. The molecule has 1 atom stereocenters. The van der Waals surface area contributed by atoms with Crippen LogP contribution in [0.4, 0.5) is 4.39 Å². The topological polar surface area (TPSA) is 29.5 Å². The first kappa shape index (κ1) is 16.5. The Morgan fingerprint density at radius 2 is 1.96 bits per heavy atom. The number of carbonyl (C=O) groups excluding carboxylic acids is 1. The molecular weight excluding hydrogens is 305 g/mol. The summed E-state index contributed by atoms with van der Waals surface area (Å²) >= 11 is 0. The van der Waals surface area contributed by atoms with E-state index in [1.54, 1.807) is 19.2 Å². The number of ether oxygens (including phenoxy) is 1. The smallest absolute Gasteiger partial charge is 0.253 e. The normalized spacial score (nSPS) is 18.1. The minimum Gasteiger partial charge on any atom is -0.497 e. The third kappa shape index (κ3) is 3.75. The summed E-state index contributed by atoms with van der Waals surface area (Å²) in [6.07, 6.45) is 3.12. The van der Waals surface area contributed by atoms with E-state index in [1.807, 2.05) is 17.0 Å². The van der Waals surface area contributed by atoms with Crippen LogP contribution in [-0.4, -0.2) is 31.0 Å². The van der Waals surface area contributed by atoms with Crippen molar-refractivity contribution in [2.45, 2.75) is 25.2 Å². The summed E-state index contributed by atoms with van der Waals surface area (Å²) in [6.45, 7) is 1.39. The van der Waals surface area contributed by atoms with E-state index in [2.05, 4.69) is 12.1 Å². The van der Waals surface area contributed by atoms with Crippen molar-refractivity contribution in [1.82, 2.24) is 4.90 Å². The third-order valence-electron chi connectivity index (χ3n) is 4.62. The molecule has 0 N–H and O–H groups in total. The Balaban J connectivity index is 1.77. The number of amides is 1.